The van der Waals surface area contributed by atoms with Gasteiger partial charge in [0.05, 0.1) is 5.92 Å². The highest BCUT2D eigenvalue weighted by Crippen LogP contribution is 2.18. The van der Waals surface area contributed by atoms with E-state index in [9.17, 15) is 9.59 Å². The molecule has 0 aromatic heterocycles. The van der Waals surface area contributed by atoms with Crippen LogP contribution in [0.1, 0.15) is 26.7 Å². The Morgan fingerprint density at radius 2 is 2.29 bits per heavy atom. The van der Waals surface area contributed by atoms with Crippen molar-refractivity contribution >= 4 is 11.8 Å². The third-order valence-electron chi connectivity index (χ3n) is 3.01. The molecule has 5 nitrogen and oxygen atoms in total. The SMILES string of the molecule is CC(C)CCN1CC(C(=O)NCCN)CC1=O. The normalized spacial score (nSPS) is 20.1. The van der Waals surface area contributed by atoms with Crippen LogP contribution in [-0.4, -0.2) is 42.9 Å². The molecule has 0 aromatic rings. The van der Waals surface area contributed by atoms with Crippen LogP contribution in [0, 0.1) is 11.8 Å². The summed E-state index contributed by atoms with van der Waals surface area (Å²) in [4.78, 5) is 25.2. The fraction of sp³-hybridized carbons (Fsp3) is 0.833. The van der Waals surface area contributed by atoms with Gasteiger partial charge in [-0.1, -0.05) is 13.8 Å². The van der Waals surface area contributed by atoms with E-state index in [1.165, 1.54) is 0 Å². The molecule has 1 unspecified atom stereocenters. The largest absolute Gasteiger partial charge is 0.355 e. The minimum Gasteiger partial charge on any atom is -0.355 e. The van der Waals surface area contributed by atoms with Crippen LogP contribution < -0.4 is 11.1 Å². The Hall–Kier alpha value is -1.10. The monoisotopic (exact) mass is 241 g/mol. The summed E-state index contributed by atoms with van der Waals surface area (Å²) in [5, 5.41) is 2.74. The van der Waals surface area contributed by atoms with Crippen LogP contribution in [0.15, 0.2) is 0 Å². The first-order chi connectivity index (χ1) is 8.04. The summed E-state index contributed by atoms with van der Waals surface area (Å²) in [7, 11) is 0. The third-order valence-corrected chi connectivity index (χ3v) is 3.01. The zero-order valence-electron chi connectivity index (χ0n) is 10.7. The van der Waals surface area contributed by atoms with Gasteiger partial charge in [0, 0.05) is 32.6 Å². The average molecular weight is 241 g/mol. The molecule has 98 valence electrons. The number of carbonyl (C=O) groups is 2. The van der Waals surface area contributed by atoms with Gasteiger partial charge >= 0.3 is 0 Å². The molecule has 17 heavy (non-hydrogen) atoms. The molecule has 1 aliphatic heterocycles. The fourth-order valence-electron chi connectivity index (χ4n) is 1.92. The lowest BCUT2D eigenvalue weighted by atomic mass is 10.1. The molecule has 2 amide bonds. The Morgan fingerprint density at radius 1 is 1.59 bits per heavy atom. The van der Waals surface area contributed by atoms with Crippen molar-refractivity contribution in [1.82, 2.24) is 10.2 Å². The molecule has 3 N–H and O–H groups in total. The van der Waals surface area contributed by atoms with Crippen molar-refractivity contribution in [2.45, 2.75) is 26.7 Å². The lowest BCUT2D eigenvalue weighted by molar-refractivity contribution is -0.129. The van der Waals surface area contributed by atoms with Crippen molar-refractivity contribution in [3.05, 3.63) is 0 Å². The van der Waals surface area contributed by atoms with Gasteiger partial charge in [-0.25, -0.2) is 0 Å². The number of likely N-dealkylation sites (tertiary alicyclic amines) is 1. The number of hydrogen-bond acceptors (Lipinski definition) is 3. The summed E-state index contributed by atoms with van der Waals surface area (Å²) >= 11 is 0. The highest BCUT2D eigenvalue weighted by atomic mass is 16.2. The summed E-state index contributed by atoms with van der Waals surface area (Å²) in [6.07, 6.45) is 1.33. The number of nitrogens with zero attached hydrogens (tertiary/aromatic N) is 1. The average Bonchev–Trinajstić information content (AvgIpc) is 2.65. The third kappa shape index (κ3) is 4.34. The van der Waals surface area contributed by atoms with E-state index in [0.29, 0.717) is 32.0 Å². The molecular formula is C12H23N3O2. The number of rotatable bonds is 6. The summed E-state index contributed by atoms with van der Waals surface area (Å²) in [5.74, 6) is 0.434. The van der Waals surface area contributed by atoms with Gasteiger partial charge in [0.15, 0.2) is 0 Å². The zero-order chi connectivity index (χ0) is 12.8. The van der Waals surface area contributed by atoms with E-state index in [1.54, 1.807) is 4.90 Å². The summed E-state index contributed by atoms with van der Waals surface area (Å²) < 4.78 is 0. The molecule has 1 fully saturated rings. The van der Waals surface area contributed by atoms with E-state index in [-0.39, 0.29) is 17.7 Å². The second-order valence-electron chi connectivity index (χ2n) is 5.00. The van der Waals surface area contributed by atoms with E-state index in [4.69, 9.17) is 5.73 Å². The molecule has 0 aliphatic carbocycles. The van der Waals surface area contributed by atoms with Gasteiger partial charge in [0.2, 0.25) is 11.8 Å². The minimum atomic E-state index is -0.193. The molecule has 0 saturated carbocycles. The molecule has 1 aliphatic rings. The van der Waals surface area contributed by atoms with Gasteiger partial charge in [-0.15, -0.1) is 0 Å². The standard InChI is InChI=1S/C12H23N3O2/c1-9(2)3-6-15-8-10(7-11(15)16)12(17)14-5-4-13/h9-10H,3-8,13H2,1-2H3,(H,14,17). The fourth-order valence-corrected chi connectivity index (χ4v) is 1.92. The Kier molecular flexibility index (Phi) is 5.41. The predicted molar refractivity (Wildman–Crippen MR) is 66.2 cm³/mol. The number of nitrogens with one attached hydrogen (secondary N) is 1. The van der Waals surface area contributed by atoms with Gasteiger partial charge in [-0.05, 0) is 12.3 Å². The van der Waals surface area contributed by atoms with E-state index < -0.39 is 0 Å². The molecule has 5 heteroatoms. The van der Waals surface area contributed by atoms with Gasteiger partial charge in [-0.3, -0.25) is 9.59 Å². The molecule has 0 spiro atoms. The van der Waals surface area contributed by atoms with E-state index >= 15 is 0 Å². The summed E-state index contributed by atoms with van der Waals surface area (Å²) in [6.45, 7) is 6.50. The predicted octanol–water partition coefficient (Wildman–Crippen LogP) is -0.0441. The molecule has 0 bridgehead atoms. The zero-order valence-corrected chi connectivity index (χ0v) is 10.7. The maximum Gasteiger partial charge on any atom is 0.225 e. The van der Waals surface area contributed by atoms with Crippen LogP contribution in [0.3, 0.4) is 0 Å². The van der Waals surface area contributed by atoms with Crippen LogP contribution in [0.5, 0.6) is 0 Å². The Balaban J connectivity index is 2.37. The Morgan fingerprint density at radius 3 is 2.88 bits per heavy atom. The minimum absolute atomic E-state index is 0.0455. The van der Waals surface area contributed by atoms with Crippen molar-refractivity contribution in [3.63, 3.8) is 0 Å². The van der Waals surface area contributed by atoms with E-state index in [0.717, 1.165) is 13.0 Å². The van der Waals surface area contributed by atoms with Gasteiger partial charge < -0.3 is 16.0 Å². The van der Waals surface area contributed by atoms with Crippen molar-refractivity contribution in [2.24, 2.45) is 17.6 Å². The number of amides is 2. The van der Waals surface area contributed by atoms with Crippen LogP contribution in [0.25, 0.3) is 0 Å². The summed E-state index contributed by atoms with van der Waals surface area (Å²) in [5.41, 5.74) is 5.32. The lowest BCUT2D eigenvalue weighted by Crippen LogP contribution is -2.36. The Bertz CT molecular complexity index is 279. The van der Waals surface area contributed by atoms with Crippen molar-refractivity contribution in [1.29, 1.82) is 0 Å². The van der Waals surface area contributed by atoms with Gasteiger partial charge in [0.1, 0.15) is 0 Å². The van der Waals surface area contributed by atoms with Crippen molar-refractivity contribution in [3.8, 4) is 0 Å². The van der Waals surface area contributed by atoms with Crippen LogP contribution in [0.4, 0.5) is 0 Å². The smallest absolute Gasteiger partial charge is 0.225 e. The topological polar surface area (TPSA) is 75.4 Å². The van der Waals surface area contributed by atoms with E-state index in [1.807, 2.05) is 0 Å². The molecular weight excluding hydrogens is 218 g/mol. The molecule has 0 radical (unpaired) electrons. The maximum atomic E-state index is 11.7. The molecule has 1 saturated heterocycles. The second-order valence-corrected chi connectivity index (χ2v) is 5.00. The van der Waals surface area contributed by atoms with Crippen molar-refractivity contribution < 1.29 is 9.59 Å². The molecule has 1 atom stereocenters. The lowest BCUT2D eigenvalue weighted by Gasteiger charge is -2.17. The first-order valence-corrected chi connectivity index (χ1v) is 6.30. The first-order valence-electron chi connectivity index (χ1n) is 6.30. The van der Waals surface area contributed by atoms with Crippen LogP contribution in [0.2, 0.25) is 0 Å². The number of nitrogens with two attached hydrogens (primary N) is 1. The molecule has 1 rings (SSSR count). The second kappa shape index (κ2) is 6.59. The quantitative estimate of drug-likeness (QED) is 0.685. The van der Waals surface area contributed by atoms with E-state index in [2.05, 4.69) is 19.2 Å². The van der Waals surface area contributed by atoms with Gasteiger partial charge in [-0.2, -0.15) is 0 Å². The maximum absolute atomic E-state index is 11.7. The van der Waals surface area contributed by atoms with Crippen molar-refractivity contribution in [2.75, 3.05) is 26.2 Å². The number of hydrogen-bond donors (Lipinski definition) is 2. The van der Waals surface area contributed by atoms with Crippen LogP contribution >= 0.6 is 0 Å². The highest BCUT2D eigenvalue weighted by Gasteiger charge is 2.33. The first kappa shape index (κ1) is 14.0. The van der Waals surface area contributed by atoms with Gasteiger partial charge in [0.25, 0.3) is 0 Å². The molecule has 0 aromatic carbocycles. The summed E-state index contributed by atoms with van der Waals surface area (Å²) in [6, 6.07) is 0. The van der Waals surface area contributed by atoms with Crippen LogP contribution in [-0.2, 0) is 9.59 Å². The Labute approximate surface area is 103 Å². The number of carbonyl (C=O) groups excluding carboxylic acids is 2. The highest BCUT2D eigenvalue weighted by molar-refractivity contribution is 5.89. The molecule has 1 heterocycles.